The van der Waals surface area contributed by atoms with Crippen molar-refractivity contribution in [2.45, 2.75) is 63.5 Å². The summed E-state index contributed by atoms with van der Waals surface area (Å²) in [6.45, 7) is 6.34. The van der Waals surface area contributed by atoms with E-state index in [1.54, 1.807) is 4.90 Å². The molecular formula is C29H30F5N7. The zero-order valence-electron chi connectivity index (χ0n) is 22.6. The van der Waals surface area contributed by atoms with Gasteiger partial charge >= 0.3 is 6.18 Å². The van der Waals surface area contributed by atoms with E-state index in [2.05, 4.69) is 31.7 Å². The van der Waals surface area contributed by atoms with Crippen molar-refractivity contribution in [2.75, 3.05) is 31.2 Å². The van der Waals surface area contributed by atoms with E-state index >= 15 is 4.39 Å². The Bertz CT molecular complexity index is 1530. The molecule has 12 heteroatoms. The monoisotopic (exact) mass is 571 g/mol. The van der Waals surface area contributed by atoms with Gasteiger partial charge in [0.25, 0.3) is 0 Å². The Balaban J connectivity index is 1.09. The maximum Gasteiger partial charge on any atom is 0.409 e. The molecule has 4 aliphatic rings. The van der Waals surface area contributed by atoms with Crippen LogP contribution in [0, 0.1) is 5.82 Å². The van der Waals surface area contributed by atoms with E-state index in [1.807, 2.05) is 18.3 Å². The molecule has 7 rings (SSSR count). The Morgan fingerprint density at radius 2 is 1.80 bits per heavy atom. The average Bonchev–Trinajstić information content (AvgIpc) is 3.59. The van der Waals surface area contributed by atoms with E-state index in [1.165, 1.54) is 25.1 Å². The number of hydrogen-bond donors (Lipinski definition) is 0. The molecule has 2 bridgehead atoms. The van der Waals surface area contributed by atoms with Gasteiger partial charge < -0.3 is 14.4 Å². The largest absolute Gasteiger partial charge is 0.409 e. The minimum atomic E-state index is -4.49. The Morgan fingerprint density at radius 1 is 1.02 bits per heavy atom. The highest BCUT2D eigenvalue weighted by Crippen LogP contribution is 2.42. The van der Waals surface area contributed by atoms with Gasteiger partial charge in [0.2, 0.25) is 0 Å². The molecule has 0 N–H and O–H groups in total. The number of imidazole rings is 1. The van der Waals surface area contributed by atoms with Crippen LogP contribution < -0.4 is 4.90 Å². The molecule has 0 spiro atoms. The summed E-state index contributed by atoms with van der Waals surface area (Å²) in [7, 11) is 0. The summed E-state index contributed by atoms with van der Waals surface area (Å²) in [5.74, 6) is -0.829. The summed E-state index contributed by atoms with van der Waals surface area (Å²) in [4.78, 5) is 19.6. The Morgan fingerprint density at radius 3 is 2.46 bits per heavy atom. The van der Waals surface area contributed by atoms with E-state index in [-0.39, 0.29) is 47.6 Å². The molecule has 41 heavy (non-hydrogen) atoms. The first kappa shape index (κ1) is 26.5. The molecule has 2 saturated heterocycles. The summed E-state index contributed by atoms with van der Waals surface area (Å²) in [6.07, 6.45) is 0.941. The van der Waals surface area contributed by atoms with Gasteiger partial charge in [-0.1, -0.05) is 13.0 Å². The molecule has 0 radical (unpaired) electrons. The number of halogens is 5. The van der Waals surface area contributed by atoms with E-state index in [9.17, 15) is 17.6 Å². The highest BCUT2D eigenvalue weighted by atomic mass is 19.4. The molecule has 216 valence electrons. The third-order valence-corrected chi connectivity index (χ3v) is 8.93. The molecule has 0 saturated carbocycles. The molecule has 3 atom stereocenters. The van der Waals surface area contributed by atoms with Gasteiger partial charge in [-0.15, -0.1) is 0 Å². The van der Waals surface area contributed by atoms with Crippen molar-refractivity contribution in [3.63, 3.8) is 0 Å². The predicted octanol–water partition coefficient (Wildman–Crippen LogP) is 5.37. The second-order valence-corrected chi connectivity index (χ2v) is 11.3. The summed E-state index contributed by atoms with van der Waals surface area (Å²) >= 11 is 0. The Hall–Kier alpha value is -3.38. The number of aromatic nitrogens is 3. The fraction of sp³-hybridized carbons (Fsp3) is 0.483. The molecule has 7 nitrogen and oxygen atoms in total. The lowest BCUT2D eigenvalue weighted by Gasteiger charge is -2.40. The first-order chi connectivity index (χ1) is 19.7. The predicted molar refractivity (Wildman–Crippen MR) is 145 cm³/mol. The lowest BCUT2D eigenvalue weighted by Crippen LogP contribution is -2.52. The number of alkyl halides is 3. The van der Waals surface area contributed by atoms with Gasteiger partial charge in [-0.2, -0.15) is 13.2 Å². The van der Waals surface area contributed by atoms with Crippen LogP contribution in [0.2, 0.25) is 0 Å². The number of nitrogens with zero attached hydrogens (tertiary/aromatic N) is 7. The number of hydrogen-bond acceptors (Lipinski definition) is 6. The molecule has 4 aliphatic heterocycles. The fourth-order valence-corrected chi connectivity index (χ4v) is 6.88. The number of rotatable bonds is 5. The lowest BCUT2D eigenvalue weighted by atomic mass is 10.1. The van der Waals surface area contributed by atoms with Gasteiger partial charge in [-0.05, 0) is 49.6 Å². The Kier molecular flexibility index (Phi) is 6.38. The number of likely N-dealkylation sites (tertiary alicyclic amines) is 1. The van der Waals surface area contributed by atoms with Crippen LogP contribution in [0.5, 0.6) is 0 Å². The number of allylic oxidation sites excluding steroid dienone is 1. The molecule has 2 aromatic heterocycles. The smallest absolute Gasteiger partial charge is 0.316 e. The van der Waals surface area contributed by atoms with Crippen LogP contribution in [0.15, 0.2) is 47.5 Å². The third-order valence-electron chi connectivity index (χ3n) is 8.93. The van der Waals surface area contributed by atoms with Crippen LogP contribution in [-0.4, -0.2) is 74.6 Å². The van der Waals surface area contributed by atoms with E-state index in [4.69, 9.17) is 0 Å². The number of aliphatic imine (C=N–C) groups is 1. The van der Waals surface area contributed by atoms with E-state index < -0.39 is 23.9 Å². The van der Waals surface area contributed by atoms with Crippen molar-refractivity contribution in [3.05, 3.63) is 65.3 Å². The first-order valence-electron chi connectivity index (χ1n) is 14.1. The van der Waals surface area contributed by atoms with Gasteiger partial charge in [0.1, 0.15) is 35.6 Å². The van der Waals surface area contributed by atoms with Crippen LogP contribution in [0.3, 0.4) is 0 Å². The van der Waals surface area contributed by atoms with Gasteiger partial charge in [0.05, 0.1) is 5.52 Å². The maximum absolute atomic E-state index is 15.3. The topological polar surface area (TPSA) is 52.8 Å². The SMILES string of the molecule is CCN1CC2CCC(C1)N2Cc1ccc(N2C=C(F)C(c3cc(F)c4nc5n(c4c3)[C@H](C(F)(F)F)CC5)=NC2)nc1. The molecule has 0 aliphatic carbocycles. The van der Waals surface area contributed by atoms with Gasteiger partial charge in [0, 0.05) is 56.1 Å². The minimum Gasteiger partial charge on any atom is -0.316 e. The van der Waals surface area contributed by atoms with Crippen molar-refractivity contribution < 1.29 is 22.0 Å². The number of pyridine rings is 1. The molecule has 3 aromatic rings. The number of fused-ring (bicyclic) bond motifs is 5. The zero-order chi connectivity index (χ0) is 28.5. The van der Waals surface area contributed by atoms with E-state index in [0.717, 1.165) is 42.4 Å². The van der Waals surface area contributed by atoms with Crippen molar-refractivity contribution in [1.82, 2.24) is 24.3 Å². The lowest BCUT2D eigenvalue weighted by molar-refractivity contribution is -0.164. The first-order valence-corrected chi connectivity index (χ1v) is 14.1. The standard InChI is InChI=1S/C29H30F5N7/c1-2-38-13-19-4-5-20(14-38)40(19)12-17-3-7-25(35-11-17)39-15-22(31)27(36-16-39)18-9-21(30)28-23(10-18)41-24(29(32,33)34)6-8-26(41)37-28/h3,7,9-11,15,19-20,24H,2,4-6,8,12-14,16H2,1H3/t19?,20?,24-/m0/s1. The minimum absolute atomic E-state index is 0.00504. The number of piperazine rings is 1. The molecule has 6 heterocycles. The van der Waals surface area contributed by atoms with Gasteiger partial charge in [-0.3, -0.25) is 9.89 Å². The van der Waals surface area contributed by atoms with Crippen molar-refractivity contribution in [3.8, 4) is 0 Å². The van der Waals surface area contributed by atoms with Crippen molar-refractivity contribution in [1.29, 1.82) is 0 Å². The summed E-state index contributed by atoms with van der Waals surface area (Å²) in [6, 6.07) is 5.60. The molecule has 1 aromatic carbocycles. The maximum atomic E-state index is 15.3. The summed E-state index contributed by atoms with van der Waals surface area (Å²) in [5.41, 5.74) is 0.896. The molecule has 2 fully saturated rings. The summed E-state index contributed by atoms with van der Waals surface area (Å²) < 4.78 is 72.2. The number of benzene rings is 1. The number of likely N-dealkylation sites (N-methyl/N-ethyl adjacent to an activating group) is 1. The number of anilines is 1. The van der Waals surface area contributed by atoms with Crippen LogP contribution in [0.1, 0.15) is 49.2 Å². The van der Waals surface area contributed by atoms with Crippen molar-refractivity contribution in [2.24, 2.45) is 4.99 Å². The van der Waals surface area contributed by atoms with Gasteiger partial charge in [0.15, 0.2) is 11.6 Å². The fourth-order valence-electron chi connectivity index (χ4n) is 6.88. The average molecular weight is 572 g/mol. The number of aryl methyl sites for hydroxylation is 1. The highest BCUT2D eigenvalue weighted by Gasteiger charge is 2.46. The molecule has 2 unspecified atom stereocenters. The van der Waals surface area contributed by atoms with Crippen LogP contribution in [-0.2, 0) is 13.0 Å². The summed E-state index contributed by atoms with van der Waals surface area (Å²) in [5, 5.41) is 0. The van der Waals surface area contributed by atoms with Gasteiger partial charge in [-0.25, -0.2) is 18.7 Å². The highest BCUT2D eigenvalue weighted by molar-refractivity contribution is 6.13. The quantitative estimate of drug-likeness (QED) is 0.386. The second kappa shape index (κ2) is 9.87. The van der Waals surface area contributed by atoms with E-state index in [0.29, 0.717) is 17.9 Å². The van der Waals surface area contributed by atoms with Crippen LogP contribution in [0.25, 0.3) is 11.0 Å². The van der Waals surface area contributed by atoms with Crippen LogP contribution in [0.4, 0.5) is 27.8 Å². The molecular weight excluding hydrogens is 541 g/mol. The normalized spacial score (nSPS) is 25.1. The van der Waals surface area contributed by atoms with Crippen molar-refractivity contribution >= 4 is 22.6 Å². The zero-order valence-corrected chi connectivity index (χ0v) is 22.6. The molecule has 0 amide bonds. The van der Waals surface area contributed by atoms with Crippen LogP contribution >= 0.6 is 0 Å². The third kappa shape index (κ3) is 4.61. The Labute approximate surface area is 234 Å². The second-order valence-electron chi connectivity index (χ2n) is 11.3.